The fourth-order valence-corrected chi connectivity index (χ4v) is 2.48. The molecule has 3 heteroatoms. The number of nitrogens with zero attached hydrogens (tertiary/aromatic N) is 1. The van der Waals surface area contributed by atoms with Gasteiger partial charge in [-0.1, -0.05) is 42.5 Å². The lowest BCUT2D eigenvalue weighted by atomic mass is 10.0. The van der Waals surface area contributed by atoms with Gasteiger partial charge in [0.2, 0.25) is 0 Å². The van der Waals surface area contributed by atoms with E-state index in [-0.39, 0.29) is 5.82 Å². The van der Waals surface area contributed by atoms with Crippen molar-refractivity contribution in [1.29, 1.82) is 0 Å². The summed E-state index contributed by atoms with van der Waals surface area (Å²) in [6.45, 7) is 7.26. The van der Waals surface area contributed by atoms with Crippen molar-refractivity contribution in [3.63, 3.8) is 0 Å². The van der Waals surface area contributed by atoms with Crippen LogP contribution in [0.1, 0.15) is 36.6 Å². The molecule has 2 nitrogen and oxygen atoms in total. The molecule has 0 saturated carbocycles. The molecule has 2 aromatic rings. The van der Waals surface area contributed by atoms with Crippen molar-refractivity contribution in [1.82, 2.24) is 4.90 Å². The molecule has 2 aromatic carbocycles. The van der Waals surface area contributed by atoms with Gasteiger partial charge in [0.05, 0.1) is 6.10 Å². The minimum Gasteiger partial charge on any atom is -0.387 e. The minimum atomic E-state index is -0.620. The maximum atomic E-state index is 13.3. The number of aliphatic hydroxyl groups is 1. The number of hydrogen-bond donors (Lipinski definition) is 1. The van der Waals surface area contributed by atoms with Gasteiger partial charge in [0.25, 0.3) is 0 Å². The van der Waals surface area contributed by atoms with Crippen LogP contribution in [-0.4, -0.2) is 22.6 Å². The molecule has 1 atom stereocenters. The number of benzene rings is 2. The van der Waals surface area contributed by atoms with E-state index >= 15 is 0 Å². The van der Waals surface area contributed by atoms with E-state index in [9.17, 15) is 9.50 Å². The van der Waals surface area contributed by atoms with E-state index in [4.69, 9.17) is 0 Å². The molecule has 0 fully saturated rings. The summed E-state index contributed by atoms with van der Waals surface area (Å²) in [6, 6.07) is 15.3. The van der Waals surface area contributed by atoms with Gasteiger partial charge in [-0.25, -0.2) is 4.39 Å². The fraction of sp³-hybridized carbons (Fsp3) is 0.368. The molecule has 0 spiro atoms. The Morgan fingerprint density at radius 3 is 2.36 bits per heavy atom. The highest BCUT2D eigenvalue weighted by Crippen LogP contribution is 2.20. The maximum absolute atomic E-state index is 13.3. The van der Waals surface area contributed by atoms with Crippen molar-refractivity contribution in [3.8, 4) is 0 Å². The Kier molecular flexibility index (Phi) is 5.69. The zero-order valence-electron chi connectivity index (χ0n) is 13.5. The predicted molar refractivity (Wildman–Crippen MR) is 88.1 cm³/mol. The topological polar surface area (TPSA) is 23.5 Å². The SMILES string of the molecule is Cc1cc(C(O)CN(Cc2ccccc2)C(C)C)ccc1F. The third-order valence-corrected chi connectivity index (χ3v) is 3.93. The molecule has 2 rings (SSSR count). The Morgan fingerprint density at radius 2 is 1.77 bits per heavy atom. The van der Waals surface area contributed by atoms with E-state index < -0.39 is 6.10 Å². The average Bonchev–Trinajstić information content (AvgIpc) is 2.50. The molecule has 0 saturated heterocycles. The van der Waals surface area contributed by atoms with Gasteiger partial charge in [0, 0.05) is 19.1 Å². The lowest BCUT2D eigenvalue weighted by molar-refractivity contribution is 0.0907. The van der Waals surface area contributed by atoms with Crippen LogP contribution in [-0.2, 0) is 6.54 Å². The number of halogens is 1. The van der Waals surface area contributed by atoms with Gasteiger partial charge in [-0.3, -0.25) is 4.90 Å². The third kappa shape index (κ3) is 4.39. The molecule has 22 heavy (non-hydrogen) atoms. The van der Waals surface area contributed by atoms with Crippen LogP contribution in [0.4, 0.5) is 4.39 Å². The van der Waals surface area contributed by atoms with Crippen LogP contribution in [0.5, 0.6) is 0 Å². The van der Waals surface area contributed by atoms with Crippen LogP contribution < -0.4 is 0 Å². The van der Waals surface area contributed by atoms with Gasteiger partial charge in [-0.15, -0.1) is 0 Å². The monoisotopic (exact) mass is 301 g/mol. The van der Waals surface area contributed by atoms with Gasteiger partial charge < -0.3 is 5.11 Å². The molecule has 0 radical (unpaired) electrons. The smallest absolute Gasteiger partial charge is 0.126 e. The van der Waals surface area contributed by atoms with E-state index in [0.717, 1.165) is 12.1 Å². The summed E-state index contributed by atoms with van der Waals surface area (Å²) in [7, 11) is 0. The molecule has 0 aliphatic carbocycles. The largest absolute Gasteiger partial charge is 0.387 e. The van der Waals surface area contributed by atoms with Crippen molar-refractivity contribution >= 4 is 0 Å². The molecule has 0 aliphatic heterocycles. The Morgan fingerprint density at radius 1 is 1.09 bits per heavy atom. The van der Waals surface area contributed by atoms with E-state index in [1.165, 1.54) is 11.6 Å². The van der Waals surface area contributed by atoms with Gasteiger partial charge in [-0.05, 0) is 43.5 Å². The lowest BCUT2D eigenvalue weighted by Crippen LogP contribution is -2.34. The number of aryl methyl sites for hydroxylation is 1. The van der Waals surface area contributed by atoms with Gasteiger partial charge in [0.1, 0.15) is 5.82 Å². The van der Waals surface area contributed by atoms with E-state index in [1.807, 2.05) is 18.2 Å². The molecule has 0 bridgehead atoms. The molecule has 0 amide bonds. The Bertz CT molecular complexity index is 598. The average molecular weight is 301 g/mol. The molecule has 1 unspecified atom stereocenters. The number of hydrogen-bond acceptors (Lipinski definition) is 2. The first kappa shape index (κ1) is 16.7. The van der Waals surface area contributed by atoms with Gasteiger partial charge in [0.15, 0.2) is 0 Å². The molecule has 0 aliphatic rings. The van der Waals surface area contributed by atoms with Gasteiger partial charge >= 0.3 is 0 Å². The molecule has 0 heterocycles. The Hall–Kier alpha value is -1.71. The fourth-order valence-electron chi connectivity index (χ4n) is 2.48. The van der Waals surface area contributed by atoms with Crippen LogP contribution in [0.25, 0.3) is 0 Å². The highest BCUT2D eigenvalue weighted by atomic mass is 19.1. The number of aliphatic hydroxyl groups excluding tert-OH is 1. The zero-order chi connectivity index (χ0) is 16.1. The summed E-state index contributed by atoms with van der Waals surface area (Å²) in [5.41, 5.74) is 2.55. The van der Waals surface area contributed by atoms with Crippen LogP contribution >= 0.6 is 0 Å². The van der Waals surface area contributed by atoms with Crippen LogP contribution in [0.2, 0.25) is 0 Å². The highest BCUT2D eigenvalue weighted by Gasteiger charge is 2.17. The van der Waals surface area contributed by atoms with Crippen LogP contribution in [0.15, 0.2) is 48.5 Å². The standard InChI is InChI=1S/C19H24FNO/c1-14(2)21(12-16-7-5-4-6-8-16)13-19(22)17-9-10-18(20)15(3)11-17/h4-11,14,19,22H,12-13H2,1-3H3. The summed E-state index contributed by atoms with van der Waals surface area (Å²) in [6.07, 6.45) is -0.620. The molecular weight excluding hydrogens is 277 g/mol. The predicted octanol–water partition coefficient (Wildman–Crippen LogP) is 4.08. The van der Waals surface area contributed by atoms with Crippen molar-refractivity contribution in [2.24, 2.45) is 0 Å². The number of rotatable bonds is 6. The Labute approximate surface area is 132 Å². The first-order chi connectivity index (χ1) is 10.5. The van der Waals surface area contributed by atoms with Gasteiger partial charge in [-0.2, -0.15) is 0 Å². The van der Waals surface area contributed by atoms with E-state index in [2.05, 4.69) is 30.9 Å². The second kappa shape index (κ2) is 7.52. The summed E-state index contributed by atoms with van der Waals surface area (Å²) < 4.78 is 13.3. The van der Waals surface area contributed by atoms with Crippen molar-refractivity contribution in [2.45, 2.75) is 39.5 Å². The van der Waals surface area contributed by atoms with E-state index in [0.29, 0.717) is 18.2 Å². The third-order valence-electron chi connectivity index (χ3n) is 3.93. The first-order valence-electron chi connectivity index (χ1n) is 7.69. The van der Waals surface area contributed by atoms with Crippen molar-refractivity contribution in [3.05, 3.63) is 71.0 Å². The second-order valence-corrected chi connectivity index (χ2v) is 6.03. The molecule has 0 aromatic heterocycles. The molecule has 1 N–H and O–H groups in total. The molecular formula is C19H24FNO. The zero-order valence-corrected chi connectivity index (χ0v) is 13.5. The summed E-state index contributed by atoms with van der Waals surface area (Å²) >= 11 is 0. The first-order valence-corrected chi connectivity index (χ1v) is 7.69. The quantitative estimate of drug-likeness (QED) is 0.869. The van der Waals surface area contributed by atoms with Crippen molar-refractivity contribution < 1.29 is 9.50 Å². The van der Waals surface area contributed by atoms with Crippen LogP contribution in [0, 0.1) is 12.7 Å². The van der Waals surface area contributed by atoms with Crippen molar-refractivity contribution in [2.75, 3.05) is 6.54 Å². The Balaban J connectivity index is 2.08. The normalized spacial score (nSPS) is 12.9. The minimum absolute atomic E-state index is 0.235. The van der Waals surface area contributed by atoms with E-state index in [1.54, 1.807) is 19.1 Å². The summed E-state index contributed by atoms with van der Waals surface area (Å²) in [5, 5.41) is 10.5. The highest BCUT2D eigenvalue weighted by molar-refractivity contribution is 5.26. The summed E-state index contributed by atoms with van der Waals surface area (Å²) in [5.74, 6) is -0.235. The van der Waals surface area contributed by atoms with Crippen LogP contribution in [0.3, 0.4) is 0 Å². The summed E-state index contributed by atoms with van der Waals surface area (Å²) in [4.78, 5) is 2.22. The molecule has 118 valence electrons. The second-order valence-electron chi connectivity index (χ2n) is 6.03. The maximum Gasteiger partial charge on any atom is 0.126 e. The lowest BCUT2D eigenvalue weighted by Gasteiger charge is -2.29.